The molecule has 0 spiro atoms. The first-order valence-corrected chi connectivity index (χ1v) is 6.03. The molecule has 0 bridgehead atoms. The van der Waals surface area contributed by atoms with E-state index in [1.165, 1.54) is 0 Å². The molecule has 1 fully saturated rings. The molecule has 0 amide bonds. The Balaban J connectivity index is 2.44. The maximum absolute atomic E-state index is 9.27. The molecule has 2 rings (SSSR count). The summed E-state index contributed by atoms with van der Waals surface area (Å²) in [7, 11) is 0. The molecular formula is C13H18N4. The van der Waals surface area contributed by atoms with Crippen LogP contribution in [0.25, 0.3) is 0 Å². The fourth-order valence-electron chi connectivity index (χ4n) is 2.24. The van der Waals surface area contributed by atoms with Crippen molar-refractivity contribution < 1.29 is 0 Å². The zero-order chi connectivity index (χ0) is 12.4. The van der Waals surface area contributed by atoms with Crippen molar-refractivity contribution in [1.29, 1.82) is 5.26 Å². The number of rotatable bonds is 3. The monoisotopic (exact) mass is 230 g/mol. The van der Waals surface area contributed by atoms with Gasteiger partial charge >= 0.3 is 0 Å². The number of hydrogen-bond donors (Lipinski definition) is 1. The predicted molar refractivity (Wildman–Crippen MR) is 68.1 cm³/mol. The molecule has 0 radical (unpaired) electrons. The van der Waals surface area contributed by atoms with E-state index in [0.717, 1.165) is 36.7 Å². The Morgan fingerprint density at radius 2 is 2.24 bits per heavy atom. The summed E-state index contributed by atoms with van der Waals surface area (Å²) in [6.07, 6.45) is 0. The lowest BCUT2D eigenvalue weighted by Crippen LogP contribution is -2.57. The van der Waals surface area contributed by atoms with Crippen LogP contribution in [-0.2, 0) is 0 Å². The number of pyridine rings is 1. The third-order valence-electron chi connectivity index (χ3n) is 3.25. The van der Waals surface area contributed by atoms with E-state index in [9.17, 15) is 5.26 Å². The average Bonchev–Trinajstić information content (AvgIpc) is 2.22. The molecule has 1 N–H and O–H groups in total. The fourth-order valence-corrected chi connectivity index (χ4v) is 2.24. The lowest BCUT2D eigenvalue weighted by molar-refractivity contribution is 0.415. The van der Waals surface area contributed by atoms with Crippen LogP contribution in [0.3, 0.4) is 0 Å². The Hall–Kier alpha value is -1.60. The lowest BCUT2D eigenvalue weighted by atomic mass is 10.1. The second-order valence-electron chi connectivity index (χ2n) is 4.49. The number of anilines is 1. The Kier molecular flexibility index (Phi) is 3.30. The second-order valence-corrected chi connectivity index (χ2v) is 4.49. The third-order valence-corrected chi connectivity index (χ3v) is 3.25. The summed E-state index contributed by atoms with van der Waals surface area (Å²) >= 11 is 0. The molecule has 0 atom stereocenters. The van der Waals surface area contributed by atoms with Crippen LogP contribution >= 0.6 is 0 Å². The SMILES string of the molecule is CCN(c1nc(C)cc(C)c1C#N)C1CNC1. The van der Waals surface area contributed by atoms with Crippen molar-refractivity contribution in [2.24, 2.45) is 0 Å². The van der Waals surface area contributed by atoms with Crippen LogP contribution in [-0.4, -0.2) is 30.7 Å². The van der Waals surface area contributed by atoms with Gasteiger partial charge in [-0.2, -0.15) is 5.26 Å². The molecule has 90 valence electrons. The van der Waals surface area contributed by atoms with Crippen LogP contribution in [0.1, 0.15) is 23.7 Å². The van der Waals surface area contributed by atoms with Crippen molar-refractivity contribution in [2.75, 3.05) is 24.5 Å². The van der Waals surface area contributed by atoms with E-state index in [1.807, 2.05) is 19.9 Å². The van der Waals surface area contributed by atoms with E-state index >= 15 is 0 Å². The molecule has 1 aromatic heterocycles. The van der Waals surface area contributed by atoms with Gasteiger partial charge in [0.25, 0.3) is 0 Å². The van der Waals surface area contributed by atoms with Gasteiger partial charge in [0.1, 0.15) is 11.9 Å². The van der Waals surface area contributed by atoms with Gasteiger partial charge in [-0.1, -0.05) is 0 Å². The van der Waals surface area contributed by atoms with E-state index < -0.39 is 0 Å². The van der Waals surface area contributed by atoms with E-state index in [1.54, 1.807) is 0 Å². The molecule has 0 aromatic carbocycles. The Bertz CT molecular complexity index is 457. The highest BCUT2D eigenvalue weighted by Crippen LogP contribution is 2.24. The Morgan fingerprint density at radius 1 is 1.53 bits per heavy atom. The number of nitrogens with zero attached hydrogens (tertiary/aromatic N) is 3. The van der Waals surface area contributed by atoms with Gasteiger partial charge in [-0.25, -0.2) is 4.98 Å². The number of likely N-dealkylation sites (N-methyl/N-ethyl adjacent to an activating group) is 1. The minimum absolute atomic E-state index is 0.473. The van der Waals surface area contributed by atoms with E-state index in [-0.39, 0.29) is 0 Å². The number of aryl methyl sites for hydroxylation is 2. The van der Waals surface area contributed by atoms with Crippen LogP contribution in [0.15, 0.2) is 6.07 Å². The first-order valence-electron chi connectivity index (χ1n) is 6.03. The number of nitriles is 1. The molecule has 2 heterocycles. The summed E-state index contributed by atoms with van der Waals surface area (Å²) in [5.74, 6) is 0.846. The minimum Gasteiger partial charge on any atom is -0.350 e. The molecule has 4 nitrogen and oxygen atoms in total. The Morgan fingerprint density at radius 3 is 2.71 bits per heavy atom. The lowest BCUT2D eigenvalue weighted by Gasteiger charge is -2.39. The molecule has 0 aliphatic carbocycles. The van der Waals surface area contributed by atoms with E-state index in [2.05, 4.69) is 28.2 Å². The molecule has 1 aromatic rings. The summed E-state index contributed by atoms with van der Waals surface area (Å²) in [5, 5.41) is 12.5. The van der Waals surface area contributed by atoms with Crippen molar-refractivity contribution in [3.63, 3.8) is 0 Å². The molecule has 0 saturated carbocycles. The fraction of sp³-hybridized carbons (Fsp3) is 0.538. The van der Waals surface area contributed by atoms with E-state index in [4.69, 9.17) is 0 Å². The highest BCUT2D eigenvalue weighted by molar-refractivity contribution is 5.59. The summed E-state index contributed by atoms with van der Waals surface area (Å²) in [6, 6.07) is 4.72. The van der Waals surface area contributed by atoms with Crippen LogP contribution < -0.4 is 10.2 Å². The van der Waals surface area contributed by atoms with Gasteiger partial charge in [0.15, 0.2) is 0 Å². The highest BCUT2D eigenvalue weighted by atomic mass is 15.3. The van der Waals surface area contributed by atoms with Gasteiger partial charge in [-0.3, -0.25) is 0 Å². The van der Waals surface area contributed by atoms with Crippen LogP contribution in [0.4, 0.5) is 5.82 Å². The minimum atomic E-state index is 0.473. The number of hydrogen-bond acceptors (Lipinski definition) is 4. The van der Waals surface area contributed by atoms with Gasteiger partial charge in [0.2, 0.25) is 0 Å². The van der Waals surface area contributed by atoms with Gasteiger partial charge in [-0.05, 0) is 32.4 Å². The smallest absolute Gasteiger partial charge is 0.147 e. The van der Waals surface area contributed by atoms with Crippen LogP contribution in [0.2, 0.25) is 0 Å². The zero-order valence-electron chi connectivity index (χ0n) is 10.6. The highest BCUT2D eigenvalue weighted by Gasteiger charge is 2.26. The summed E-state index contributed by atoms with van der Waals surface area (Å²) in [5.41, 5.74) is 2.70. The quantitative estimate of drug-likeness (QED) is 0.852. The van der Waals surface area contributed by atoms with Crippen molar-refractivity contribution in [3.05, 3.63) is 22.9 Å². The molecular weight excluding hydrogens is 212 g/mol. The maximum Gasteiger partial charge on any atom is 0.147 e. The topological polar surface area (TPSA) is 52.0 Å². The van der Waals surface area contributed by atoms with Gasteiger partial charge in [0.05, 0.1) is 11.6 Å². The standard InChI is InChI=1S/C13H18N4/c1-4-17(11-7-15-8-11)13-12(6-14)9(2)5-10(3)16-13/h5,11,15H,4,7-8H2,1-3H3. The third kappa shape index (κ3) is 2.11. The summed E-state index contributed by atoms with van der Waals surface area (Å²) in [4.78, 5) is 6.79. The van der Waals surface area contributed by atoms with E-state index in [0.29, 0.717) is 11.6 Å². The van der Waals surface area contributed by atoms with Crippen molar-refractivity contribution >= 4 is 5.82 Å². The molecule has 4 heteroatoms. The maximum atomic E-state index is 9.27. The molecule has 1 aliphatic rings. The number of aromatic nitrogens is 1. The first kappa shape index (κ1) is 11.9. The van der Waals surface area contributed by atoms with Crippen LogP contribution in [0, 0.1) is 25.2 Å². The van der Waals surface area contributed by atoms with Crippen molar-refractivity contribution in [2.45, 2.75) is 26.8 Å². The predicted octanol–water partition coefficient (Wildman–Crippen LogP) is 1.37. The summed E-state index contributed by atoms with van der Waals surface area (Å²) in [6.45, 7) is 8.91. The normalized spacial score (nSPS) is 15.2. The zero-order valence-corrected chi connectivity index (χ0v) is 10.6. The molecule has 1 aliphatic heterocycles. The van der Waals surface area contributed by atoms with Gasteiger partial charge < -0.3 is 10.2 Å². The molecule has 1 saturated heterocycles. The second kappa shape index (κ2) is 4.72. The van der Waals surface area contributed by atoms with Crippen molar-refractivity contribution in [3.8, 4) is 6.07 Å². The summed E-state index contributed by atoms with van der Waals surface area (Å²) < 4.78 is 0. The molecule has 17 heavy (non-hydrogen) atoms. The van der Waals surface area contributed by atoms with Gasteiger partial charge in [0, 0.05) is 25.3 Å². The number of nitrogens with one attached hydrogen (secondary N) is 1. The van der Waals surface area contributed by atoms with Crippen molar-refractivity contribution in [1.82, 2.24) is 10.3 Å². The van der Waals surface area contributed by atoms with Crippen LogP contribution in [0.5, 0.6) is 0 Å². The largest absolute Gasteiger partial charge is 0.350 e. The first-order chi connectivity index (χ1) is 8.17. The Labute approximate surface area is 102 Å². The molecule has 0 unspecified atom stereocenters. The average molecular weight is 230 g/mol. The van der Waals surface area contributed by atoms with Gasteiger partial charge in [-0.15, -0.1) is 0 Å².